The summed E-state index contributed by atoms with van der Waals surface area (Å²) in [6.45, 7) is 0. The van der Waals surface area contributed by atoms with Gasteiger partial charge in [0.25, 0.3) is 0 Å². The summed E-state index contributed by atoms with van der Waals surface area (Å²) in [4.78, 5) is 4.21. The van der Waals surface area contributed by atoms with E-state index in [0.717, 1.165) is 12.8 Å². The summed E-state index contributed by atoms with van der Waals surface area (Å²) >= 11 is 0. The monoisotopic (exact) mass is 215 g/mol. The van der Waals surface area contributed by atoms with Gasteiger partial charge in [-0.1, -0.05) is 0 Å². The Hall–Kier alpha value is -1.60. The third-order valence-corrected chi connectivity index (χ3v) is 3.36. The molecule has 0 radical (unpaired) electrons. The molecular formula is C12H13N3O. The normalized spacial score (nSPS) is 31.3. The van der Waals surface area contributed by atoms with Gasteiger partial charge in [-0.3, -0.25) is 0 Å². The summed E-state index contributed by atoms with van der Waals surface area (Å²) < 4.78 is 5.76. The number of anilines is 1. The maximum absolute atomic E-state index is 8.96. The molecule has 1 aromatic rings. The average Bonchev–Trinajstić information content (AvgIpc) is 2.92. The van der Waals surface area contributed by atoms with E-state index in [1.165, 1.54) is 6.42 Å². The molecule has 0 saturated carbocycles. The van der Waals surface area contributed by atoms with E-state index >= 15 is 0 Å². The quantitative estimate of drug-likeness (QED) is 0.815. The van der Waals surface area contributed by atoms with E-state index in [1.807, 2.05) is 0 Å². The second-order valence-corrected chi connectivity index (χ2v) is 4.37. The first kappa shape index (κ1) is 9.61. The number of pyridine rings is 1. The first-order valence-electron chi connectivity index (χ1n) is 5.64. The summed E-state index contributed by atoms with van der Waals surface area (Å²) in [6, 6.07) is 6.03. The molecule has 2 aliphatic rings. The predicted molar refractivity (Wildman–Crippen MR) is 58.9 cm³/mol. The number of hydrogen-bond acceptors (Lipinski definition) is 4. The van der Waals surface area contributed by atoms with Gasteiger partial charge in [-0.25, -0.2) is 4.98 Å². The van der Waals surface area contributed by atoms with Gasteiger partial charge in [-0.05, 0) is 31.4 Å². The molecule has 3 heterocycles. The van der Waals surface area contributed by atoms with Crippen LogP contribution in [-0.2, 0) is 4.74 Å². The largest absolute Gasteiger partial charge is 0.373 e. The molecule has 2 bridgehead atoms. The van der Waals surface area contributed by atoms with E-state index in [1.54, 1.807) is 18.3 Å². The van der Waals surface area contributed by atoms with Gasteiger partial charge >= 0.3 is 0 Å². The minimum Gasteiger partial charge on any atom is -0.373 e. The van der Waals surface area contributed by atoms with Crippen molar-refractivity contribution >= 4 is 5.82 Å². The molecular weight excluding hydrogens is 202 g/mol. The van der Waals surface area contributed by atoms with Crippen molar-refractivity contribution in [3.8, 4) is 6.07 Å². The lowest BCUT2D eigenvalue weighted by molar-refractivity contribution is 0.102. The number of hydrogen-bond donors (Lipinski definition) is 1. The molecule has 16 heavy (non-hydrogen) atoms. The van der Waals surface area contributed by atoms with Crippen LogP contribution >= 0.6 is 0 Å². The molecule has 1 N–H and O–H groups in total. The van der Waals surface area contributed by atoms with Crippen LogP contribution in [0.2, 0.25) is 0 Å². The van der Waals surface area contributed by atoms with Crippen LogP contribution in [0.3, 0.4) is 0 Å². The second kappa shape index (κ2) is 3.76. The topological polar surface area (TPSA) is 57.9 Å². The second-order valence-electron chi connectivity index (χ2n) is 4.37. The minimum atomic E-state index is 0.304. The third kappa shape index (κ3) is 1.54. The third-order valence-electron chi connectivity index (χ3n) is 3.36. The van der Waals surface area contributed by atoms with Crippen molar-refractivity contribution in [2.24, 2.45) is 0 Å². The highest BCUT2D eigenvalue weighted by Gasteiger charge is 2.40. The highest BCUT2D eigenvalue weighted by molar-refractivity contribution is 5.52. The van der Waals surface area contributed by atoms with Crippen LogP contribution in [0.1, 0.15) is 24.8 Å². The van der Waals surface area contributed by atoms with Gasteiger partial charge in [0.05, 0.1) is 23.8 Å². The lowest BCUT2D eigenvalue weighted by Gasteiger charge is -2.20. The van der Waals surface area contributed by atoms with Crippen molar-refractivity contribution in [2.75, 3.05) is 5.32 Å². The molecule has 3 unspecified atom stereocenters. The Labute approximate surface area is 94.2 Å². The standard InChI is InChI=1S/C12H13N3O/c13-7-8-2-1-5-14-12(8)15-10-6-9-3-4-11(10)16-9/h1-2,5,9-11H,3-4,6H2,(H,14,15). The van der Waals surface area contributed by atoms with Crippen LogP contribution in [0.15, 0.2) is 18.3 Å². The molecule has 0 amide bonds. The smallest absolute Gasteiger partial charge is 0.144 e. The fourth-order valence-corrected chi connectivity index (χ4v) is 2.58. The molecule has 2 aliphatic heterocycles. The number of nitrogens with one attached hydrogen (secondary N) is 1. The predicted octanol–water partition coefficient (Wildman–Crippen LogP) is 1.69. The van der Waals surface area contributed by atoms with Crippen molar-refractivity contribution < 1.29 is 4.74 Å². The van der Waals surface area contributed by atoms with Crippen molar-refractivity contribution in [2.45, 2.75) is 37.5 Å². The van der Waals surface area contributed by atoms with Crippen molar-refractivity contribution in [3.63, 3.8) is 0 Å². The number of rotatable bonds is 2. The highest BCUT2D eigenvalue weighted by atomic mass is 16.5. The zero-order valence-electron chi connectivity index (χ0n) is 8.89. The molecule has 1 aromatic heterocycles. The van der Waals surface area contributed by atoms with Crippen LogP contribution in [0.5, 0.6) is 0 Å². The van der Waals surface area contributed by atoms with Crippen LogP contribution in [0, 0.1) is 11.3 Å². The Morgan fingerprint density at radius 1 is 1.50 bits per heavy atom. The molecule has 3 rings (SSSR count). The molecule has 4 heteroatoms. The van der Waals surface area contributed by atoms with Crippen LogP contribution in [0.4, 0.5) is 5.82 Å². The molecule has 2 saturated heterocycles. The van der Waals surface area contributed by atoms with Crippen molar-refractivity contribution in [1.82, 2.24) is 4.98 Å². The van der Waals surface area contributed by atoms with E-state index < -0.39 is 0 Å². The fourth-order valence-electron chi connectivity index (χ4n) is 2.58. The molecule has 2 fully saturated rings. The molecule has 82 valence electrons. The molecule has 0 aliphatic carbocycles. The molecule has 3 atom stereocenters. The Kier molecular flexibility index (Phi) is 2.26. The lowest BCUT2D eigenvalue weighted by Crippen LogP contribution is -2.31. The number of nitrogens with zero attached hydrogens (tertiary/aromatic N) is 2. The van der Waals surface area contributed by atoms with Gasteiger partial charge in [0.2, 0.25) is 0 Å². The van der Waals surface area contributed by atoms with Crippen molar-refractivity contribution in [1.29, 1.82) is 5.26 Å². The van der Waals surface area contributed by atoms with E-state index in [4.69, 9.17) is 10.00 Å². The number of fused-ring (bicyclic) bond motifs is 2. The minimum absolute atomic E-state index is 0.304. The lowest BCUT2D eigenvalue weighted by atomic mass is 9.95. The van der Waals surface area contributed by atoms with Gasteiger partial charge in [0.15, 0.2) is 0 Å². The number of nitriles is 1. The first-order valence-corrected chi connectivity index (χ1v) is 5.64. The maximum Gasteiger partial charge on any atom is 0.144 e. The Morgan fingerprint density at radius 3 is 3.12 bits per heavy atom. The Morgan fingerprint density at radius 2 is 2.44 bits per heavy atom. The fraction of sp³-hybridized carbons (Fsp3) is 0.500. The number of ether oxygens (including phenoxy) is 1. The van der Waals surface area contributed by atoms with Crippen LogP contribution < -0.4 is 5.32 Å². The highest BCUT2D eigenvalue weighted by Crippen LogP contribution is 2.35. The van der Waals surface area contributed by atoms with Crippen molar-refractivity contribution in [3.05, 3.63) is 23.9 Å². The van der Waals surface area contributed by atoms with E-state index in [2.05, 4.69) is 16.4 Å². The summed E-state index contributed by atoms with van der Waals surface area (Å²) in [6.07, 6.45) is 5.76. The van der Waals surface area contributed by atoms with E-state index in [-0.39, 0.29) is 0 Å². The van der Waals surface area contributed by atoms with E-state index in [9.17, 15) is 0 Å². The Bertz CT molecular complexity index is 440. The van der Waals surface area contributed by atoms with Gasteiger partial charge in [-0.2, -0.15) is 5.26 Å². The molecule has 0 aromatic carbocycles. The number of aromatic nitrogens is 1. The summed E-state index contributed by atoms with van der Waals surface area (Å²) in [5.74, 6) is 0.686. The zero-order chi connectivity index (χ0) is 11.0. The van der Waals surface area contributed by atoms with Gasteiger partial charge in [0.1, 0.15) is 11.9 Å². The molecule has 4 nitrogen and oxygen atoms in total. The van der Waals surface area contributed by atoms with Gasteiger partial charge < -0.3 is 10.1 Å². The maximum atomic E-state index is 8.96. The van der Waals surface area contributed by atoms with Crippen LogP contribution in [-0.4, -0.2) is 23.2 Å². The summed E-state index contributed by atoms with van der Waals surface area (Å²) in [5, 5.41) is 12.3. The summed E-state index contributed by atoms with van der Waals surface area (Å²) in [5.41, 5.74) is 0.602. The van der Waals surface area contributed by atoms with E-state index in [0.29, 0.717) is 29.6 Å². The first-order chi connectivity index (χ1) is 7.86. The summed E-state index contributed by atoms with van der Waals surface area (Å²) in [7, 11) is 0. The van der Waals surface area contributed by atoms with Gasteiger partial charge in [0, 0.05) is 6.20 Å². The average molecular weight is 215 g/mol. The molecule has 0 spiro atoms. The van der Waals surface area contributed by atoms with Crippen LogP contribution in [0.25, 0.3) is 0 Å². The Balaban J connectivity index is 1.77. The zero-order valence-corrected chi connectivity index (χ0v) is 8.89. The SMILES string of the molecule is N#Cc1cccnc1NC1CC2CCC1O2. The van der Waals surface area contributed by atoms with Gasteiger partial charge in [-0.15, -0.1) is 0 Å².